The van der Waals surface area contributed by atoms with Crippen molar-refractivity contribution in [3.63, 3.8) is 0 Å². The average molecular weight is 557 g/mol. The number of ketones is 1. The predicted octanol–water partition coefficient (Wildman–Crippen LogP) is 5.92. The molecule has 1 atom stereocenters. The van der Waals surface area contributed by atoms with Crippen molar-refractivity contribution in [1.82, 2.24) is 10.2 Å². The van der Waals surface area contributed by atoms with E-state index in [1.807, 2.05) is 60.7 Å². The molecule has 0 spiro atoms. The third kappa shape index (κ3) is 5.64. The van der Waals surface area contributed by atoms with E-state index in [0.29, 0.717) is 15.7 Å². The summed E-state index contributed by atoms with van der Waals surface area (Å²) in [6, 6.07) is 23.4. The predicted molar refractivity (Wildman–Crippen MR) is 149 cm³/mol. The van der Waals surface area contributed by atoms with Gasteiger partial charge in [-0.15, -0.1) is 10.2 Å². The van der Waals surface area contributed by atoms with Gasteiger partial charge in [-0.3, -0.25) is 24.6 Å². The molecule has 194 valence electrons. The van der Waals surface area contributed by atoms with Crippen LogP contribution in [0.25, 0.3) is 6.08 Å². The summed E-state index contributed by atoms with van der Waals surface area (Å²) >= 11 is 2.60. The van der Waals surface area contributed by atoms with Crippen LogP contribution in [0.5, 0.6) is 0 Å². The number of allylic oxidation sites excluding steroid dienone is 1. The Balaban J connectivity index is 1.48. The van der Waals surface area contributed by atoms with E-state index < -0.39 is 28.4 Å². The third-order valence-electron chi connectivity index (χ3n) is 5.93. The summed E-state index contributed by atoms with van der Waals surface area (Å²) in [6.45, 7) is 0. The number of nitro groups is 1. The van der Waals surface area contributed by atoms with Crippen molar-refractivity contribution < 1.29 is 19.6 Å². The molecule has 0 fully saturated rings. The summed E-state index contributed by atoms with van der Waals surface area (Å²) in [7, 11) is 0. The van der Waals surface area contributed by atoms with Gasteiger partial charge in [-0.2, -0.15) is 0 Å². The van der Waals surface area contributed by atoms with Gasteiger partial charge in [-0.05, 0) is 34.9 Å². The van der Waals surface area contributed by atoms with E-state index in [4.69, 9.17) is 0 Å². The third-order valence-corrected chi connectivity index (χ3v) is 8.05. The normalized spacial score (nSPS) is 15.3. The first-order valence-electron chi connectivity index (χ1n) is 11.7. The highest BCUT2D eigenvalue weighted by Crippen LogP contribution is 2.43. The van der Waals surface area contributed by atoms with Gasteiger partial charge in [0.05, 0.1) is 16.5 Å². The number of rotatable bonds is 9. The first-order valence-corrected chi connectivity index (χ1v) is 13.5. The number of nitro benzene ring substituents is 1. The zero-order chi connectivity index (χ0) is 27.4. The van der Waals surface area contributed by atoms with E-state index >= 15 is 0 Å². The van der Waals surface area contributed by atoms with E-state index in [1.54, 1.807) is 6.08 Å². The fourth-order valence-corrected chi connectivity index (χ4v) is 5.87. The molecule has 1 aliphatic rings. The van der Waals surface area contributed by atoms with Crippen LogP contribution in [0.3, 0.4) is 0 Å². The van der Waals surface area contributed by atoms with Crippen molar-refractivity contribution in [3.8, 4) is 0 Å². The van der Waals surface area contributed by atoms with Crippen LogP contribution in [0, 0.1) is 10.1 Å². The molecule has 0 saturated carbocycles. The lowest BCUT2D eigenvalue weighted by molar-refractivity contribution is -0.384. The number of aromatic nitrogens is 2. The second-order valence-corrected chi connectivity index (χ2v) is 10.6. The number of hydrogen-bond acceptors (Lipinski definition) is 9. The van der Waals surface area contributed by atoms with Gasteiger partial charge >= 0.3 is 0 Å². The van der Waals surface area contributed by atoms with E-state index in [0.717, 1.165) is 22.5 Å². The van der Waals surface area contributed by atoms with Crippen molar-refractivity contribution in [1.29, 1.82) is 0 Å². The van der Waals surface area contributed by atoms with Gasteiger partial charge < -0.3 is 5.11 Å². The van der Waals surface area contributed by atoms with Gasteiger partial charge in [0, 0.05) is 17.9 Å². The van der Waals surface area contributed by atoms with Crippen molar-refractivity contribution in [3.05, 3.63) is 129 Å². The van der Waals surface area contributed by atoms with Crippen LogP contribution in [0.4, 0.5) is 10.8 Å². The summed E-state index contributed by atoms with van der Waals surface area (Å²) in [5.74, 6) is -1.42. The van der Waals surface area contributed by atoms with Crippen molar-refractivity contribution in [2.75, 3.05) is 4.90 Å². The minimum Gasteiger partial charge on any atom is -0.503 e. The molecule has 0 saturated heterocycles. The number of aliphatic hydroxyl groups excluding tert-OH is 1. The van der Waals surface area contributed by atoms with E-state index in [9.17, 15) is 24.8 Å². The number of aliphatic hydroxyl groups is 1. The standard InChI is InChI=1S/C28H20N4O5S2/c33-22(16-11-18-7-3-1-4-8-18)23-24(20-12-14-21(15-13-20)32(36)37)31(26(35)25(23)34)27-29-30-28(39-27)38-17-19-9-5-2-6-10-19/h1-16,24,34H,17H2/b16-11+. The Morgan fingerprint density at radius 1 is 1.03 bits per heavy atom. The van der Waals surface area contributed by atoms with Crippen molar-refractivity contribution in [2.24, 2.45) is 0 Å². The molecule has 4 aromatic rings. The first-order chi connectivity index (χ1) is 18.9. The van der Waals surface area contributed by atoms with Crippen LogP contribution >= 0.6 is 23.1 Å². The Morgan fingerprint density at radius 3 is 2.36 bits per heavy atom. The smallest absolute Gasteiger partial charge is 0.296 e. The summed E-state index contributed by atoms with van der Waals surface area (Å²) in [5.41, 5.74) is 1.98. The maximum Gasteiger partial charge on any atom is 0.296 e. The number of nitrogens with zero attached hydrogens (tertiary/aromatic N) is 4. The van der Waals surface area contributed by atoms with Gasteiger partial charge in [-0.25, -0.2) is 0 Å². The van der Waals surface area contributed by atoms with Gasteiger partial charge in [0.1, 0.15) is 0 Å². The molecule has 1 N–H and O–H groups in total. The maximum atomic E-state index is 13.3. The zero-order valence-corrected chi connectivity index (χ0v) is 21.8. The Labute approximate surface area is 231 Å². The number of hydrogen-bond donors (Lipinski definition) is 1. The van der Waals surface area contributed by atoms with E-state index in [1.165, 1.54) is 47.0 Å². The fraction of sp³-hybridized carbons (Fsp3) is 0.0714. The molecule has 1 unspecified atom stereocenters. The molecule has 9 nitrogen and oxygen atoms in total. The Morgan fingerprint density at radius 2 is 1.69 bits per heavy atom. The molecule has 11 heteroatoms. The van der Waals surface area contributed by atoms with Crippen LogP contribution in [-0.4, -0.2) is 31.9 Å². The SMILES string of the molecule is O=C(/C=C/c1ccccc1)C1=C(O)C(=O)N(c2nnc(SCc3ccccc3)s2)C1c1ccc([N+](=O)[O-])cc1. The summed E-state index contributed by atoms with van der Waals surface area (Å²) in [4.78, 5) is 38.5. The monoisotopic (exact) mass is 556 g/mol. The van der Waals surface area contributed by atoms with E-state index in [2.05, 4.69) is 10.2 Å². The molecule has 0 bridgehead atoms. The number of amides is 1. The molecule has 5 rings (SSSR count). The zero-order valence-electron chi connectivity index (χ0n) is 20.2. The average Bonchev–Trinajstić information content (AvgIpc) is 3.53. The minimum atomic E-state index is -1.05. The quantitative estimate of drug-likeness (QED) is 0.0885. The highest BCUT2D eigenvalue weighted by Gasteiger charge is 2.45. The molecule has 1 aliphatic heterocycles. The molecule has 0 radical (unpaired) electrons. The van der Waals surface area contributed by atoms with Gasteiger partial charge in [0.15, 0.2) is 15.9 Å². The van der Waals surface area contributed by atoms with Gasteiger partial charge in [-0.1, -0.05) is 89.8 Å². The lowest BCUT2D eigenvalue weighted by Gasteiger charge is -2.23. The molecule has 0 aliphatic carbocycles. The first kappa shape index (κ1) is 26.0. The van der Waals surface area contributed by atoms with Crippen LogP contribution in [0.15, 0.2) is 107 Å². The van der Waals surface area contributed by atoms with Crippen LogP contribution in [0.2, 0.25) is 0 Å². The van der Waals surface area contributed by atoms with Crippen LogP contribution in [0.1, 0.15) is 22.7 Å². The molecule has 39 heavy (non-hydrogen) atoms. The second kappa shape index (κ2) is 11.4. The Hall–Kier alpha value is -4.61. The minimum absolute atomic E-state index is 0.143. The van der Waals surface area contributed by atoms with Crippen molar-refractivity contribution in [2.45, 2.75) is 16.1 Å². The highest BCUT2D eigenvalue weighted by atomic mass is 32.2. The molecule has 2 heterocycles. The lowest BCUT2D eigenvalue weighted by Crippen LogP contribution is -2.30. The largest absolute Gasteiger partial charge is 0.503 e. The number of carbonyl (C=O) groups is 2. The summed E-state index contributed by atoms with van der Waals surface area (Å²) in [6.07, 6.45) is 2.88. The van der Waals surface area contributed by atoms with Gasteiger partial charge in [0.25, 0.3) is 11.6 Å². The second-order valence-electron chi connectivity index (χ2n) is 8.42. The maximum absolute atomic E-state index is 13.3. The Kier molecular flexibility index (Phi) is 7.62. The number of thioether (sulfide) groups is 1. The van der Waals surface area contributed by atoms with Crippen LogP contribution < -0.4 is 4.90 Å². The molecule has 3 aromatic carbocycles. The number of anilines is 1. The Bertz CT molecular complexity index is 1590. The number of benzene rings is 3. The fourth-order valence-electron chi connectivity index (χ4n) is 4.05. The number of carbonyl (C=O) groups excluding carboxylic acids is 2. The summed E-state index contributed by atoms with van der Waals surface area (Å²) < 4.78 is 0.604. The van der Waals surface area contributed by atoms with E-state index in [-0.39, 0.29) is 16.4 Å². The highest BCUT2D eigenvalue weighted by molar-refractivity contribution is 8.00. The lowest BCUT2D eigenvalue weighted by atomic mass is 9.95. The molecular formula is C28H20N4O5S2. The summed E-state index contributed by atoms with van der Waals surface area (Å²) in [5, 5.41) is 30.6. The molecule has 1 amide bonds. The molecular weight excluding hydrogens is 536 g/mol. The van der Waals surface area contributed by atoms with Crippen LogP contribution in [-0.2, 0) is 15.3 Å². The molecule has 1 aromatic heterocycles. The number of non-ortho nitro benzene ring substituents is 1. The van der Waals surface area contributed by atoms with Crippen molar-refractivity contribution >= 4 is 51.7 Å². The van der Waals surface area contributed by atoms with Gasteiger partial charge in [0.2, 0.25) is 5.13 Å². The topological polar surface area (TPSA) is 127 Å².